The Morgan fingerprint density at radius 2 is 0.352 bits per heavy atom. The van der Waals surface area contributed by atoms with Gasteiger partial charge in [-0.1, -0.05) is 270 Å². The summed E-state index contributed by atoms with van der Waals surface area (Å²) in [5.41, 5.74) is 26.4. The predicted molar refractivity (Wildman–Crippen MR) is 386 cm³/mol. The van der Waals surface area contributed by atoms with Gasteiger partial charge in [-0.05, 0) is 187 Å². The Morgan fingerprint density at radius 3 is 0.489 bits per heavy atom. The molecule has 4 heteroatoms. The summed E-state index contributed by atoms with van der Waals surface area (Å²) in [7, 11) is 0. The molecule has 0 atom stereocenters. The Hall–Kier alpha value is -7.66. The number of hydrogen-bond donors (Lipinski definition) is 3. The molecular formula is C84H102N4. The highest BCUT2D eigenvalue weighted by atomic mass is 15.2. The van der Waals surface area contributed by atoms with Gasteiger partial charge in [0.05, 0.1) is 0 Å². The van der Waals surface area contributed by atoms with Crippen molar-refractivity contribution in [2.45, 2.75) is 157 Å². The number of benzene rings is 9. The first kappa shape index (κ1) is 64.8. The monoisotopic (exact) mass is 1170 g/mol. The minimum Gasteiger partial charge on any atom is -0.384 e. The second-order valence-corrected chi connectivity index (χ2v) is 31.0. The van der Waals surface area contributed by atoms with Crippen LogP contribution >= 0.6 is 0 Å². The lowest BCUT2D eigenvalue weighted by Crippen LogP contribution is -2.36. The van der Waals surface area contributed by atoms with Crippen LogP contribution in [-0.2, 0) is 32.5 Å². The SMILES string of the molecule is CC(C)(C)c1ccc(-c2cc(NCCN(CCNc3cc(-c4ccc(C(C)(C)C)cc4)cc(-c4ccc(C(C)(C)C)cc4)c3)CCNc3cc(-c4ccc(C(C)(C)C)cc4)cc(-c4ccc(C(C)(C)C)cc4)c3)cc(-c3ccc(C(C)(C)C)cc3)c2)cc1. The van der Waals surface area contributed by atoms with Gasteiger partial charge in [-0.15, -0.1) is 0 Å². The van der Waals surface area contributed by atoms with E-state index in [0.717, 1.165) is 56.3 Å². The van der Waals surface area contributed by atoms with Crippen LogP contribution < -0.4 is 16.0 Å². The van der Waals surface area contributed by atoms with E-state index in [1.165, 1.54) is 100 Å². The molecule has 9 rings (SSSR count). The number of nitrogens with zero attached hydrogens (tertiary/aromatic N) is 1. The third kappa shape index (κ3) is 16.9. The van der Waals surface area contributed by atoms with Crippen molar-refractivity contribution in [3.05, 3.63) is 234 Å². The Kier molecular flexibility index (Phi) is 19.3. The minimum absolute atomic E-state index is 0.0778. The highest BCUT2D eigenvalue weighted by Crippen LogP contribution is 2.38. The van der Waals surface area contributed by atoms with E-state index < -0.39 is 0 Å². The van der Waals surface area contributed by atoms with Gasteiger partial charge >= 0.3 is 0 Å². The van der Waals surface area contributed by atoms with E-state index in [2.05, 4.69) is 346 Å². The topological polar surface area (TPSA) is 39.3 Å². The van der Waals surface area contributed by atoms with Crippen molar-refractivity contribution in [3.8, 4) is 66.8 Å². The molecule has 0 spiro atoms. The van der Waals surface area contributed by atoms with Crippen LogP contribution in [-0.4, -0.2) is 44.2 Å². The van der Waals surface area contributed by atoms with Crippen LogP contribution in [0.1, 0.15) is 158 Å². The number of hydrogen-bond acceptors (Lipinski definition) is 4. The maximum absolute atomic E-state index is 3.96. The molecule has 0 aromatic heterocycles. The highest BCUT2D eigenvalue weighted by Gasteiger charge is 2.20. The summed E-state index contributed by atoms with van der Waals surface area (Å²) in [6, 6.07) is 76.2. The van der Waals surface area contributed by atoms with Crippen molar-refractivity contribution in [2.24, 2.45) is 0 Å². The average Bonchev–Trinajstić information content (AvgIpc) is 3.69. The van der Waals surface area contributed by atoms with E-state index in [1.807, 2.05) is 0 Å². The molecule has 0 saturated carbocycles. The van der Waals surface area contributed by atoms with Gasteiger partial charge in [0.15, 0.2) is 0 Å². The number of nitrogens with one attached hydrogen (secondary N) is 3. The van der Waals surface area contributed by atoms with E-state index in [0.29, 0.717) is 0 Å². The molecule has 9 aromatic carbocycles. The normalized spacial score (nSPS) is 12.6. The van der Waals surface area contributed by atoms with Crippen LogP contribution in [0, 0.1) is 0 Å². The molecule has 0 saturated heterocycles. The average molecular weight is 1170 g/mol. The Balaban J connectivity index is 1.02. The number of anilines is 3. The van der Waals surface area contributed by atoms with Gasteiger partial charge in [0.1, 0.15) is 0 Å². The van der Waals surface area contributed by atoms with Gasteiger partial charge in [0.2, 0.25) is 0 Å². The zero-order valence-electron chi connectivity index (χ0n) is 56.7. The largest absolute Gasteiger partial charge is 0.384 e. The van der Waals surface area contributed by atoms with Crippen molar-refractivity contribution in [2.75, 3.05) is 55.2 Å². The van der Waals surface area contributed by atoms with Crippen molar-refractivity contribution in [3.63, 3.8) is 0 Å². The lowest BCUT2D eigenvalue weighted by Gasteiger charge is -2.24. The van der Waals surface area contributed by atoms with Crippen LogP contribution in [0.5, 0.6) is 0 Å². The molecule has 458 valence electrons. The molecule has 4 nitrogen and oxygen atoms in total. The smallest absolute Gasteiger partial charge is 0.0353 e. The third-order valence-corrected chi connectivity index (χ3v) is 17.6. The first-order valence-corrected chi connectivity index (χ1v) is 32.4. The molecule has 3 N–H and O–H groups in total. The summed E-state index contributed by atoms with van der Waals surface area (Å²) in [5, 5.41) is 11.9. The minimum atomic E-state index is 0.0778. The number of rotatable bonds is 18. The van der Waals surface area contributed by atoms with Crippen molar-refractivity contribution >= 4 is 17.1 Å². The van der Waals surface area contributed by atoms with Crippen molar-refractivity contribution in [1.82, 2.24) is 4.90 Å². The van der Waals surface area contributed by atoms with E-state index >= 15 is 0 Å². The van der Waals surface area contributed by atoms with E-state index in [1.54, 1.807) is 0 Å². The van der Waals surface area contributed by atoms with Crippen LogP contribution in [0.15, 0.2) is 200 Å². The van der Waals surface area contributed by atoms with Crippen molar-refractivity contribution in [1.29, 1.82) is 0 Å². The molecular weight excluding hydrogens is 1060 g/mol. The first-order valence-electron chi connectivity index (χ1n) is 32.4. The van der Waals surface area contributed by atoms with Crippen LogP contribution in [0.2, 0.25) is 0 Å². The maximum Gasteiger partial charge on any atom is 0.0353 e. The van der Waals surface area contributed by atoms with Gasteiger partial charge in [0.25, 0.3) is 0 Å². The summed E-state index contributed by atoms with van der Waals surface area (Å²) in [6.07, 6.45) is 0. The lowest BCUT2D eigenvalue weighted by molar-refractivity contribution is 0.306. The second-order valence-electron chi connectivity index (χ2n) is 31.0. The lowest BCUT2D eigenvalue weighted by atomic mass is 9.85. The molecule has 0 aliphatic carbocycles. The summed E-state index contributed by atoms with van der Waals surface area (Å²) in [6.45, 7) is 46.0. The first-order chi connectivity index (χ1) is 41.3. The van der Waals surface area contributed by atoms with Crippen LogP contribution in [0.4, 0.5) is 17.1 Å². The molecule has 0 heterocycles. The summed E-state index contributed by atoms with van der Waals surface area (Å²) >= 11 is 0. The fraction of sp³-hybridized carbons (Fsp3) is 0.357. The summed E-state index contributed by atoms with van der Waals surface area (Å²) in [4.78, 5) is 2.61. The van der Waals surface area contributed by atoms with Gasteiger partial charge in [-0.2, -0.15) is 0 Å². The zero-order chi connectivity index (χ0) is 63.4. The second kappa shape index (κ2) is 26.2. The standard InChI is InChI=1S/C84H102N4/c1-79(2,3)70-31-19-58(20-32-70)64-49-65(59-21-33-71(34-22-59)80(4,5)6)53-76(52-64)85-43-46-88(47-44-86-77-54-66(60-23-35-72(36-24-60)81(7,8)9)50-67(55-77)61-25-37-73(38-26-61)82(10,11)12)48-45-87-78-56-68(62-27-39-74(40-28-62)83(13,14)15)51-69(57-78)63-29-41-75(42-30-63)84(16,17)18/h19-42,49-57,85-87H,43-48H2,1-18H3. The third-order valence-electron chi connectivity index (χ3n) is 17.6. The van der Waals surface area contributed by atoms with E-state index in [9.17, 15) is 0 Å². The maximum atomic E-state index is 3.96. The highest BCUT2D eigenvalue weighted by molar-refractivity contribution is 5.81. The quantitative estimate of drug-likeness (QED) is 0.0801. The van der Waals surface area contributed by atoms with E-state index in [-0.39, 0.29) is 32.5 Å². The Labute approximate surface area is 531 Å². The van der Waals surface area contributed by atoms with Gasteiger partial charge in [-0.3, -0.25) is 4.90 Å². The molecule has 88 heavy (non-hydrogen) atoms. The molecule has 0 unspecified atom stereocenters. The molecule has 0 radical (unpaired) electrons. The van der Waals surface area contributed by atoms with E-state index in [4.69, 9.17) is 0 Å². The molecule has 0 aliphatic rings. The summed E-state index contributed by atoms with van der Waals surface area (Å²) < 4.78 is 0. The van der Waals surface area contributed by atoms with Crippen LogP contribution in [0.25, 0.3) is 66.8 Å². The van der Waals surface area contributed by atoms with Gasteiger partial charge < -0.3 is 16.0 Å². The van der Waals surface area contributed by atoms with Gasteiger partial charge in [0, 0.05) is 56.3 Å². The van der Waals surface area contributed by atoms with Crippen molar-refractivity contribution < 1.29 is 0 Å². The fourth-order valence-electron chi connectivity index (χ4n) is 11.6. The van der Waals surface area contributed by atoms with Crippen LogP contribution in [0.3, 0.4) is 0 Å². The molecule has 0 fully saturated rings. The Morgan fingerprint density at radius 1 is 0.205 bits per heavy atom. The fourth-order valence-corrected chi connectivity index (χ4v) is 11.6. The zero-order valence-corrected chi connectivity index (χ0v) is 56.7. The molecule has 0 bridgehead atoms. The molecule has 0 amide bonds. The summed E-state index contributed by atoms with van der Waals surface area (Å²) in [5.74, 6) is 0. The Bertz CT molecular complexity index is 3120. The molecule has 9 aromatic rings. The molecule has 0 aliphatic heterocycles. The van der Waals surface area contributed by atoms with Gasteiger partial charge in [-0.25, -0.2) is 0 Å². The predicted octanol–water partition coefficient (Wildman–Crippen LogP) is 22.4.